The van der Waals surface area contributed by atoms with E-state index in [1.807, 2.05) is 30.3 Å². The van der Waals surface area contributed by atoms with Crippen molar-refractivity contribution in [3.05, 3.63) is 59.2 Å². The largest absolute Gasteiger partial charge is 0.481 e. The van der Waals surface area contributed by atoms with E-state index < -0.39 is 5.97 Å². The Morgan fingerprint density at radius 3 is 2.47 bits per heavy atom. The average Bonchev–Trinajstić information content (AvgIpc) is 2.36. The summed E-state index contributed by atoms with van der Waals surface area (Å²) in [5, 5.41) is 8.95. The summed E-state index contributed by atoms with van der Waals surface area (Å²) in [5.74, 6) is -0.797. The third-order valence-corrected chi connectivity index (χ3v) is 4.37. The molecule has 0 unspecified atom stereocenters. The van der Waals surface area contributed by atoms with E-state index in [2.05, 4.69) is 26.0 Å². The molecular weight excluding hydrogens is 256 g/mol. The zero-order valence-electron chi connectivity index (χ0n) is 11.0. The second-order valence-electron chi connectivity index (χ2n) is 4.48. The minimum atomic E-state index is -0.797. The van der Waals surface area contributed by atoms with E-state index in [0.29, 0.717) is 0 Å². The van der Waals surface area contributed by atoms with Gasteiger partial charge in [0.2, 0.25) is 0 Å². The van der Waals surface area contributed by atoms with Gasteiger partial charge < -0.3 is 5.11 Å². The summed E-state index contributed by atoms with van der Waals surface area (Å²) in [4.78, 5) is 13.1. The molecule has 0 aliphatic carbocycles. The van der Waals surface area contributed by atoms with Gasteiger partial charge in [0.25, 0.3) is 0 Å². The highest BCUT2D eigenvalue weighted by Gasteiger charge is 2.09. The van der Waals surface area contributed by atoms with Gasteiger partial charge in [0.15, 0.2) is 0 Å². The van der Waals surface area contributed by atoms with Crippen molar-refractivity contribution in [1.29, 1.82) is 0 Å². The predicted molar refractivity (Wildman–Crippen MR) is 77.8 cm³/mol. The third kappa shape index (κ3) is 3.38. The second-order valence-corrected chi connectivity index (χ2v) is 5.56. The molecule has 1 N–H and O–H groups in total. The fraction of sp³-hybridized carbons (Fsp3) is 0.188. The van der Waals surface area contributed by atoms with E-state index in [9.17, 15) is 4.79 Å². The normalized spacial score (nSPS) is 10.4. The first-order valence-corrected chi connectivity index (χ1v) is 6.93. The van der Waals surface area contributed by atoms with Crippen molar-refractivity contribution < 1.29 is 9.90 Å². The van der Waals surface area contributed by atoms with Gasteiger partial charge in [-0.3, -0.25) is 4.79 Å². The van der Waals surface area contributed by atoms with Crippen molar-refractivity contribution in [3.8, 4) is 0 Å². The number of carboxylic acid groups (broad SMARTS) is 1. The van der Waals surface area contributed by atoms with Gasteiger partial charge in [-0.05, 0) is 42.7 Å². The number of aliphatic carboxylic acids is 1. The Kier molecular flexibility index (Phi) is 4.27. The summed E-state index contributed by atoms with van der Waals surface area (Å²) >= 11 is 1.63. The van der Waals surface area contributed by atoms with Crippen molar-refractivity contribution in [2.75, 3.05) is 0 Å². The Morgan fingerprint density at radius 1 is 1.05 bits per heavy atom. The number of rotatable bonds is 4. The van der Waals surface area contributed by atoms with Crippen LogP contribution in [0.1, 0.15) is 16.7 Å². The van der Waals surface area contributed by atoms with Crippen LogP contribution in [0.4, 0.5) is 0 Å². The molecule has 0 atom stereocenters. The molecule has 0 saturated carbocycles. The lowest BCUT2D eigenvalue weighted by atomic mass is 10.1. The van der Waals surface area contributed by atoms with Gasteiger partial charge in [-0.2, -0.15) is 0 Å². The first kappa shape index (κ1) is 13.7. The van der Waals surface area contributed by atoms with Crippen LogP contribution >= 0.6 is 11.8 Å². The van der Waals surface area contributed by atoms with E-state index in [-0.39, 0.29) is 6.42 Å². The molecule has 2 rings (SSSR count). The van der Waals surface area contributed by atoms with Gasteiger partial charge in [-0.1, -0.05) is 42.1 Å². The molecule has 0 aromatic heterocycles. The van der Waals surface area contributed by atoms with Crippen molar-refractivity contribution in [2.24, 2.45) is 0 Å². The Bertz CT molecular complexity index is 605. The topological polar surface area (TPSA) is 37.3 Å². The van der Waals surface area contributed by atoms with Gasteiger partial charge >= 0.3 is 5.97 Å². The van der Waals surface area contributed by atoms with Gasteiger partial charge in [0, 0.05) is 9.79 Å². The quantitative estimate of drug-likeness (QED) is 0.911. The first-order valence-electron chi connectivity index (χ1n) is 6.11. The standard InChI is InChI=1S/C16H16O2S/c1-11-6-5-9-14(12(11)2)19-15-8-4-3-7-13(15)10-16(17)18/h3-9H,10H2,1-2H3,(H,17,18). The molecule has 3 heteroatoms. The van der Waals surface area contributed by atoms with Crippen LogP contribution in [-0.2, 0) is 11.2 Å². The summed E-state index contributed by atoms with van der Waals surface area (Å²) < 4.78 is 0. The Labute approximate surface area is 117 Å². The molecule has 0 heterocycles. The Morgan fingerprint density at radius 2 is 1.74 bits per heavy atom. The van der Waals surface area contributed by atoms with Crippen LogP contribution in [0.5, 0.6) is 0 Å². The van der Waals surface area contributed by atoms with E-state index in [1.165, 1.54) is 16.0 Å². The summed E-state index contributed by atoms with van der Waals surface area (Å²) in [7, 11) is 0. The van der Waals surface area contributed by atoms with Crippen LogP contribution in [-0.4, -0.2) is 11.1 Å². The van der Waals surface area contributed by atoms with Crippen LogP contribution in [0.15, 0.2) is 52.3 Å². The van der Waals surface area contributed by atoms with E-state index in [1.54, 1.807) is 11.8 Å². The van der Waals surface area contributed by atoms with Gasteiger partial charge in [-0.15, -0.1) is 0 Å². The molecule has 2 nitrogen and oxygen atoms in total. The monoisotopic (exact) mass is 272 g/mol. The van der Waals surface area contributed by atoms with Crippen molar-refractivity contribution in [1.82, 2.24) is 0 Å². The summed E-state index contributed by atoms with van der Waals surface area (Å²) in [5.41, 5.74) is 3.36. The number of aryl methyl sites for hydroxylation is 1. The van der Waals surface area contributed by atoms with Gasteiger partial charge in [0.05, 0.1) is 6.42 Å². The average molecular weight is 272 g/mol. The predicted octanol–water partition coefficient (Wildman–Crippen LogP) is 4.08. The Balaban J connectivity index is 2.33. The lowest BCUT2D eigenvalue weighted by Gasteiger charge is -2.10. The van der Waals surface area contributed by atoms with Crippen molar-refractivity contribution >= 4 is 17.7 Å². The summed E-state index contributed by atoms with van der Waals surface area (Å²) in [6.07, 6.45) is 0.0635. The zero-order chi connectivity index (χ0) is 13.8. The van der Waals surface area contributed by atoms with Crippen molar-refractivity contribution in [3.63, 3.8) is 0 Å². The maximum absolute atomic E-state index is 10.9. The number of carbonyl (C=O) groups is 1. The van der Waals surface area contributed by atoms with E-state index in [4.69, 9.17) is 5.11 Å². The molecule has 0 bridgehead atoms. The summed E-state index contributed by atoms with van der Waals surface area (Å²) in [6, 6.07) is 13.9. The number of carboxylic acids is 1. The minimum absolute atomic E-state index is 0.0635. The van der Waals surface area contributed by atoms with Crippen LogP contribution in [0, 0.1) is 13.8 Å². The molecular formula is C16H16O2S. The molecule has 19 heavy (non-hydrogen) atoms. The minimum Gasteiger partial charge on any atom is -0.481 e. The van der Waals surface area contributed by atoms with Crippen LogP contribution in [0.3, 0.4) is 0 Å². The summed E-state index contributed by atoms with van der Waals surface area (Å²) in [6.45, 7) is 4.18. The van der Waals surface area contributed by atoms with Crippen molar-refractivity contribution in [2.45, 2.75) is 30.1 Å². The van der Waals surface area contributed by atoms with Crippen LogP contribution in [0.2, 0.25) is 0 Å². The fourth-order valence-electron chi connectivity index (χ4n) is 1.87. The smallest absolute Gasteiger partial charge is 0.307 e. The van der Waals surface area contributed by atoms with E-state index in [0.717, 1.165) is 10.5 Å². The molecule has 98 valence electrons. The lowest BCUT2D eigenvalue weighted by Crippen LogP contribution is -2.01. The highest BCUT2D eigenvalue weighted by molar-refractivity contribution is 7.99. The number of hydrogen-bond acceptors (Lipinski definition) is 2. The van der Waals surface area contributed by atoms with E-state index >= 15 is 0 Å². The fourth-order valence-corrected chi connectivity index (χ4v) is 2.98. The maximum Gasteiger partial charge on any atom is 0.307 e. The molecule has 0 spiro atoms. The third-order valence-electron chi connectivity index (χ3n) is 3.09. The molecule has 0 aliphatic heterocycles. The van der Waals surface area contributed by atoms with Crippen LogP contribution in [0.25, 0.3) is 0 Å². The Hall–Kier alpha value is -1.74. The highest BCUT2D eigenvalue weighted by Crippen LogP contribution is 2.33. The first-order chi connectivity index (χ1) is 9.08. The number of benzene rings is 2. The molecule has 0 fully saturated rings. The molecule has 2 aromatic carbocycles. The second kappa shape index (κ2) is 5.93. The van der Waals surface area contributed by atoms with Gasteiger partial charge in [-0.25, -0.2) is 0 Å². The van der Waals surface area contributed by atoms with Gasteiger partial charge in [0.1, 0.15) is 0 Å². The molecule has 0 aliphatic rings. The lowest BCUT2D eigenvalue weighted by molar-refractivity contribution is -0.136. The van der Waals surface area contributed by atoms with Crippen LogP contribution < -0.4 is 0 Å². The maximum atomic E-state index is 10.9. The highest BCUT2D eigenvalue weighted by atomic mass is 32.2. The SMILES string of the molecule is Cc1cccc(Sc2ccccc2CC(=O)O)c1C. The molecule has 0 saturated heterocycles. The molecule has 0 amide bonds. The molecule has 2 aromatic rings. The zero-order valence-corrected chi connectivity index (χ0v) is 11.8. The molecule has 0 radical (unpaired) electrons. The number of hydrogen-bond donors (Lipinski definition) is 1.